The van der Waals surface area contributed by atoms with E-state index in [1.54, 1.807) is 4.90 Å². The van der Waals surface area contributed by atoms with Gasteiger partial charge in [-0.25, -0.2) is 4.39 Å². The highest BCUT2D eigenvalue weighted by Gasteiger charge is 2.38. The molecule has 1 fully saturated rings. The van der Waals surface area contributed by atoms with Crippen LogP contribution in [0.3, 0.4) is 0 Å². The molecule has 1 aromatic rings. The lowest BCUT2D eigenvalue weighted by molar-refractivity contribution is -0.132. The molecule has 2 aliphatic heterocycles. The van der Waals surface area contributed by atoms with Crippen LogP contribution in [-0.4, -0.2) is 47.2 Å². The minimum atomic E-state index is -0.695. The first-order valence-electron chi connectivity index (χ1n) is 7.91. The molecule has 0 atom stereocenters. The minimum Gasteiger partial charge on any atom is -0.343 e. The predicted molar refractivity (Wildman–Crippen MR) is 81.4 cm³/mol. The Kier molecular flexibility index (Phi) is 4.15. The van der Waals surface area contributed by atoms with Crippen LogP contribution in [0.2, 0.25) is 0 Å². The molecule has 3 rings (SSSR count). The van der Waals surface area contributed by atoms with Crippen molar-refractivity contribution < 1.29 is 18.8 Å². The number of imide groups is 1. The van der Waals surface area contributed by atoms with Gasteiger partial charge in [0.1, 0.15) is 5.82 Å². The molecule has 0 unspecified atom stereocenters. The van der Waals surface area contributed by atoms with Crippen molar-refractivity contribution >= 4 is 17.7 Å². The Labute approximate surface area is 134 Å². The number of nitrogens with zero attached hydrogens (tertiary/aromatic N) is 2. The molecule has 23 heavy (non-hydrogen) atoms. The van der Waals surface area contributed by atoms with Gasteiger partial charge in [-0.1, -0.05) is 13.0 Å². The van der Waals surface area contributed by atoms with Gasteiger partial charge in [0.15, 0.2) is 0 Å². The monoisotopic (exact) mass is 318 g/mol. The molecule has 1 aromatic carbocycles. The maximum Gasteiger partial charge on any atom is 0.264 e. The van der Waals surface area contributed by atoms with Gasteiger partial charge in [-0.15, -0.1) is 0 Å². The largest absolute Gasteiger partial charge is 0.343 e. The third-order valence-electron chi connectivity index (χ3n) is 4.63. The van der Waals surface area contributed by atoms with E-state index in [4.69, 9.17) is 0 Å². The number of amides is 3. The van der Waals surface area contributed by atoms with Gasteiger partial charge in [-0.3, -0.25) is 19.3 Å². The van der Waals surface area contributed by atoms with Crippen molar-refractivity contribution in [3.63, 3.8) is 0 Å². The highest BCUT2D eigenvalue weighted by atomic mass is 19.1. The van der Waals surface area contributed by atoms with Crippen LogP contribution in [-0.2, 0) is 4.79 Å². The van der Waals surface area contributed by atoms with Gasteiger partial charge in [-0.2, -0.15) is 0 Å². The second-order valence-electron chi connectivity index (χ2n) is 6.24. The van der Waals surface area contributed by atoms with E-state index in [1.165, 1.54) is 12.1 Å². The summed E-state index contributed by atoms with van der Waals surface area (Å²) in [5.41, 5.74) is -0.106. The van der Waals surface area contributed by atoms with Crippen LogP contribution in [0.15, 0.2) is 18.2 Å². The summed E-state index contributed by atoms with van der Waals surface area (Å²) in [6.45, 7) is 3.60. The molecule has 0 aromatic heterocycles. The molecule has 0 radical (unpaired) electrons. The average Bonchev–Trinajstić information content (AvgIpc) is 2.78. The lowest BCUT2D eigenvalue weighted by atomic mass is 9.99. The molecule has 0 saturated carbocycles. The zero-order valence-corrected chi connectivity index (χ0v) is 13.0. The van der Waals surface area contributed by atoms with E-state index in [9.17, 15) is 18.8 Å². The maximum absolute atomic E-state index is 13.7. The number of rotatable bonds is 3. The molecule has 0 aliphatic carbocycles. The first kappa shape index (κ1) is 15.6. The molecule has 2 heterocycles. The summed E-state index contributed by atoms with van der Waals surface area (Å²) >= 11 is 0. The number of carbonyl (C=O) groups excluding carboxylic acids is 3. The van der Waals surface area contributed by atoms with E-state index < -0.39 is 17.6 Å². The summed E-state index contributed by atoms with van der Waals surface area (Å²) in [6, 6.07) is 4.00. The summed E-state index contributed by atoms with van der Waals surface area (Å²) in [6.07, 6.45) is 2.04. The Bertz CT molecular complexity index is 666. The number of halogens is 1. The molecule has 0 N–H and O–H groups in total. The fourth-order valence-electron chi connectivity index (χ4n) is 3.12. The van der Waals surface area contributed by atoms with Gasteiger partial charge >= 0.3 is 0 Å². The Morgan fingerprint density at radius 1 is 1.22 bits per heavy atom. The average molecular weight is 318 g/mol. The van der Waals surface area contributed by atoms with E-state index in [2.05, 4.69) is 6.92 Å². The van der Waals surface area contributed by atoms with Gasteiger partial charge in [0, 0.05) is 26.1 Å². The molecular formula is C17H19FN2O3. The van der Waals surface area contributed by atoms with Gasteiger partial charge in [-0.05, 0) is 30.9 Å². The quantitative estimate of drug-likeness (QED) is 0.802. The van der Waals surface area contributed by atoms with Crippen molar-refractivity contribution in [2.45, 2.75) is 26.2 Å². The second-order valence-corrected chi connectivity index (χ2v) is 6.24. The molecule has 2 aliphatic rings. The fourth-order valence-corrected chi connectivity index (χ4v) is 3.12. The number of carbonyl (C=O) groups is 3. The van der Waals surface area contributed by atoms with Crippen LogP contribution >= 0.6 is 0 Å². The lowest BCUT2D eigenvalue weighted by Gasteiger charge is -2.30. The van der Waals surface area contributed by atoms with Crippen LogP contribution in [0.4, 0.5) is 4.39 Å². The van der Waals surface area contributed by atoms with Crippen molar-refractivity contribution in [2.75, 3.05) is 19.6 Å². The zero-order valence-electron chi connectivity index (χ0n) is 13.0. The summed E-state index contributed by atoms with van der Waals surface area (Å²) in [5, 5.41) is 0. The summed E-state index contributed by atoms with van der Waals surface area (Å²) in [7, 11) is 0. The molecule has 3 amide bonds. The van der Waals surface area contributed by atoms with Crippen LogP contribution in [0.25, 0.3) is 0 Å². The van der Waals surface area contributed by atoms with Gasteiger partial charge in [0.2, 0.25) is 5.91 Å². The fraction of sp³-hybridized carbons (Fsp3) is 0.471. The topological polar surface area (TPSA) is 57.7 Å². The summed E-state index contributed by atoms with van der Waals surface area (Å²) in [5.74, 6) is -1.31. The SMILES string of the molecule is CC1CCN(C(=O)CCN2C(=O)c3cccc(F)c3C2=O)CC1. The Balaban J connectivity index is 1.64. The zero-order chi connectivity index (χ0) is 16.6. The van der Waals surface area contributed by atoms with Crippen molar-refractivity contribution in [1.29, 1.82) is 0 Å². The Morgan fingerprint density at radius 3 is 2.57 bits per heavy atom. The number of likely N-dealkylation sites (tertiary alicyclic amines) is 1. The number of hydrogen-bond donors (Lipinski definition) is 0. The van der Waals surface area contributed by atoms with E-state index >= 15 is 0 Å². The summed E-state index contributed by atoms with van der Waals surface area (Å²) in [4.78, 5) is 39.4. The number of benzene rings is 1. The number of hydrogen-bond acceptors (Lipinski definition) is 3. The normalized spacial score (nSPS) is 18.5. The molecule has 122 valence electrons. The van der Waals surface area contributed by atoms with Crippen molar-refractivity contribution in [1.82, 2.24) is 9.80 Å². The first-order chi connectivity index (χ1) is 11.0. The van der Waals surface area contributed by atoms with Crippen molar-refractivity contribution in [2.24, 2.45) is 5.92 Å². The number of piperidine rings is 1. The van der Waals surface area contributed by atoms with Crippen LogP contribution in [0.1, 0.15) is 46.9 Å². The highest BCUT2D eigenvalue weighted by Crippen LogP contribution is 2.25. The van der Waals surface area contributed by atoms with E-state index in [-0.39, 0.29) is 30.0 Å². The minimum absolute atomic E-state index is 0.00330. The van der Waals surface area contributed by atoms with Crippen molar-refractivity contribution in [3.05, 3.63) is 35.1 Å². The van der Waals surface area contributed by atoms with Crippen LogP contribution in [0, 0.1) is 11.7 Å². The number of fused-ring (bicyclic) bond motifs is 1. The maximum atomic E-state index is 13.7. The first-order valence-corrected chi connectivity index (χ1v) is 7.91. The van der Waals surface area contributed by atoms with Gasteiger partial charge in [0.05, 0.1) is 11.1 Å². The smallest absolute Gasteiger partial charge is 0.264 e. The highest BCUT2D eigenvalue weighted by molar-refractivity contribution is 6.21. The summed E-state index contributed by atoms with van der Waals surface area (Å²) < 4.78 is 13.7. The van der Waals surface area contributed by atoms with Crippen LogP contribution in [0.5, 0.6) is 0 Å². The molecule has 0 bridgehead atoms. The van der Waals surface area contributed by atoms with Crippen molar-refractivity contribution in [3.8, 4) is 0 Å². The second kappa shape index (κ2) is 6.10. The van der Waals surface area contributed by atoms with Gasteiger partial charge in [0.25, 0.3) is 11.8 Å². The molecule has 5 nitrogen and oxygen atoms in total. The Morgan fingerprint density at radius 2 is 1.91 bits per heavy atom. The third-order valence-corrected chi connectivity index (χ3v) is 4.63. The standard InChI is InChI=1S/C17H19FN2O3/c1-11-5-8-19(9-6-11)14(21)7-10-20-16(22)12-3-2-4-13(18)15(12)17(20)23/h2-4,11H,5-10H2,1H3. The van der Waals surface area contributed by atoms with Crippen LogP contribution < -0.4 is 0 Å². The predicted octanol–water partition coefficient (Wildman–Crippen LogP) is 2.07. The molecule has 6 heteroatoms. The molecular weight excluding hydrogens is 299 g/mol. The molecule has 1 saturated heterocycles. The van der Waals surface area contributed by atoms with E-state index in [0.717, 1.165) is 36.9 Å². The van der Waals surface area contributed by atoms with E-state index in [0.29, 0.717) is 5.92 Å². The van der Waals surface area contributed by atoms with E-state index in [1.807, 2.05) is 0 Å². The Hall–Kier alpha value is -2.24. The van der Waals surface area contributed by atoms with Gasteiger partial charge < -0.3 is 4.90 Å². The third kappa shape index (κ3) is 2.85. The lowest BCUT2D eigenvalue weighted by Crippen LogP contribution is -2.40. The molecule has 0 spiro atoms.